The minimum Gasteiger partial charge on any atom is -0.497 e. The Bertz CT molecular complexity index is 613. The lowest BCUT2D eigenvalue weighted by Crippen LogP contribution is -2.07. The van der Waals surface area contributed by atoms with Gasteiger partial charge in [0.1, 0.15) is 5.75 Å². The summed E-state index contributed by atoms with van der Waals surface area (Å²) in [5.41, 5.74) is 3.01. The summed E-state index contributed by atoms with van der Waals surface area (Å²) in [5.74, 6) is 0.655. The van der Waals surface area contributed by atoms with Gasteiger partial charge in [-0.3, -0.25) is 4.79 Å². The third-order valence-electron chi connectivity index (χ3n) is 3.17. The fourth-order valence-electron chi connectivity index (χ4n) is 1.89. The third kappa shape index (κ3) is 4.49. The van der Waals surface area contributed by atoms with Crippen LogP contribution in [-0.4, -0.2) is 13.0 Å². The second-order valence-corrected chi connectivity index (χ2v) is 4.65. The van der Waals surface area contributed by atoms with Gasteiger partial charge in [0.25, 0.3) is 0 Å². The van der Waals surface area contributed by atoms with Gasteiger partial charge in [-0.05, 0) is 47.9 Å². The predicted molar refractivity (Wildman–Crippen MR) is 86.5 cm³/mol. The minimum atomic E-state index is -0.143. The van der Waals surface area contributed by atoms with Crippen molar-refractivity contribution in [2.45, 2.75) is 13.3 Å². The summed E-state index contributed by atoms with van der Waals surface area (Å²) in [4.78, 5) is 11.8. The average Bonchev–Trinajstić information content (AvgIpc) is 2.54. The van der Waals surface area contributed by atoms with E-state index in [1.165, 1.54) is 11.6 Å². The molecule has 2 rings (SSSR count). The zero-order valence-corrected chi connectivity index (χ0v) is 12.3. The van der Waals surface area contributed by atoms with Crippen molar-refractivity contribution in [3.63, 3.8) is 0 Å². The van der Waals surface area contributed by atoms with E-state index in [9.17, 15) is 4.79 Å². The highest BCUT2D eigenvalue weighted by Gasteiger charge is 1.98. The normalized spacial score (nSPS) is 10.6. The van der Waals surface area contributed by atoms with Crippen LogP contribution in [0.15, 0.2) is 54.6 Å². The molecule has 1 amide bonds. The molecule has 0 aliphatic carbocycles. The van der Waals surface area contributed by atoms with E-state index < -0.39 is 0 Å². The fraction of sp³-hybridized carbons (Fsp3) is 0.167. The maximum atomic E-state index is 11.8. The lowest BCUT2D eigenvalue weighted by Gasteiger charge is -2.03. The van der Waals surface area contributed by atoms with Crippen molar-refractivity contribution in [2.24, 2.45) is 0 Å². The Balaban J connectivity index is 1.94. The molecule has 0 saturated heterocycles. The number of nitrogens with one attached hydrogen (secondary N) is 1. The molecule has 0 heterocycles. The van der Waals surface area contributed by atoms with E-state index in [4.69, 9.17) is 4.74 Å². The van der Waals surface area contributed by atoms with Crippen molar-refractivity contribution in [1.29, 1.82) is 0 Å². The number of aryl methyl sites for hydroxylation is 1. The van der Waals surface area contributed by atoms with Crippen molar-refractivity contribution in [3.05, 3.63) is 65.7 Å². The number of ether oxygens (including phenoxy) is 1. The van der Waals surface area contributed by atoms with Crippen molar-refractivity contribution < 1.29 is 9.53 Å². The van der Waals surface area contributed by atoms with Crippen molar-refractivity contribution in [3.8, 4) is 5.75 Å². The highest BCUT2D eigenvalue weighted by Crippen LogP contribution is 2.13. The van der Waals surface area contributed by atoms with Gasteiger partial charge in [-0.25, -0.2) is 0 Å². The zero-order valence-electron chi connectivity index (χ0n) is 12.3. The number of carbonyl (C=O) groups is 1. The Labute approximate surface area is 125 Å². The predicted octanol–water partition coefficient (Wildman–Crippen LogP) is 3.91. The summed E-state index contributed by atoms with van der Waals surface area (Å²) >= 11 is 0. The Kier molecular flexibility index (Phi) is 5.16. The molecule has 0 bridgehead atoms. The second kappa shape index (κ2) is 7.29. The number of carbonyl (C=O) groups excluding carboxylic acids is 1. The van der Waals surface area contributed by atoms with E-state index in [2.05, 4.69) is 12.2 Å². The van der Waals surface area contributed by atoms with Gasteiger partial charge in [0.15, 0.2) is 0 Å². The molecule has 0 saturated carbocycles. The summed E-state index contributed by atoms with van der Waals surface area (Å²) < 4.78 is 5.09. The third-order valence-corrected chi connectivity index (χ3v) is 3.17. The second-order valence-electron chi connectivity index (χ2n) is 4.65. The zero-order chi connectivity index (χ0) is 15.1. The number of hydrogen-bond donors (Lipinski definition) is 1. The van der Waals surface area contributed by atoms with E-state index in [1.807, 2.05) is 48.5 Å². The summed E-state index contributed by atoms with van der Waals surface area (Å²) in [6, 6.07) is 15.4. The molecule has 0 aliphatic heterocycles. The molecule has 0 unspecified atom stereocenters. The molecular formula is C18H19NO2. The van der Waals surface area contributed by atoms with Gasteiger partial charge in [-0.1, -0.05) is 31.2 Å². The summed E-state index contributed by atoms with van der Waals surface area (Å²) in [6.45, 7) is 2.10. The molecular weight excluding hydrogens is 262 g/mol. The number of anilines is 1. The van der Waals surface area contributed by atoms with Crippen LogP contribution >= 0.6 is 0 Å². The first-order chi connectivity index (χ1) is 10.2. The average molecular weight is 281 g/mol. The summed E-state index contributed by atoms with van der Waals surface area (Å²) in [5, 5.41) is 2.84. The molecule has 1 N–H and O–H groups in total. The van der Waals surface area contributed by atoms with Gasteiger partial charge in [-0.15, -0.1) is 0 Å². The maximum Gasteiger partial charge on any atom is 0.248 e. The Morgan fingerprint density at radius 1 is 1.10 bits per heavy atom. The molecule has 0 spiro atoms. The molecule has 0 radical (unpaired) electrons. The Hall–Kier alpha value is -2.55. The van der Waals surface area contributed by atoms with Gasteiger partial charge in [0, 0.05) is 11.8 Å². The lowest BCUT2D eigenvalue weighted by atomic mass is 10.1. The van der Waals surface area contributed by atoms with Gasteiger partial charge in [0.2, 0.25) is 5.91 Å². The van der Waals surface area contributed by atoms with E-state index in [1.54, 1.807) is 13.2 Å². The van der Waals surface area contributed by atoms with Crippen LogP contribution in [-0.2, 0) is 11.2 Å². The Morgan fingerprint density at radius 3 is 2.33 bits per heavy atom. The molecule has 0 fully saturated rings. The fourth-order valence-corrected chi connectivity index (χ4v) is 1.89. The lowest BCUT2D eigenvalue weighted by molar-refractivity contribution is -0.111. The smallest absolute Gasteiger partial charge is 0.248 e. The van der Waals surface area contributed by atoms with Crippen molar-refractivity contribution in [1.82, 2.24) is 0 Å². The molecule has 108 valence electrons. The van der Waals surface area contributed by atoms with Crippen LogP contribution in [0.25, 0.3) is 6.08 Å². The molecule has 21 heavy (non-hydrogen) atoms. The molecule has 0 atom stereocenters. The largest absolute Gasteiger partial charge is 0.497 e. The molecule has 0 aromatic heterocycles. The van der Waals surface area contributed by atoms with Crippen LogP contribution in [0, 0.1) is 0 Å². The van der Waals surface area contributed by atoms with E-state index in [0.717, 1.165) is 23.4 Å². The first kappa shape index (κ1) is 14.9. The number of amides is 1. The molecule has 2 aromatic carbocycles. The molecule has 3 heteroatoms. The monoisotopic (exact) mass is 281 g/mol. The van der Waals surface area contributed by atoms with Crippen LogP contribution in [0.4, 0.5) is 5.69 Å². The van der Waals surface area contributed by atoms with Crippen molar-refractivity contribution >= 4 is 17.7 Å². The number of benzene rings is 2. The quantitative estimate of drug-likeness (QED) is 0.844. The van der Waals surface area contributed by atoms with E-state index in [0.29, 0.717) is 0 Å². The van der Waals surface area contributed by atoms with Crippen molar-refractivity contribution in [2.75, 3.05) is 12.4 Å². The number of methoxy groups -OCH3 is 1. The van der Waals surface area contributed by atoms with Crippen LogP contribution in [0.3, 0.4) is 0 Å². The summed E-state index contributed by atoms with van der Waals surface area (Å²) in [7, 11) is 1.63. The molecule has 0 aliphatic rings. The SMILES string of the molecule is CCc1ccc(NC(=O)/C=C/c2ccc(OC)cc2)cc1. The molecule has 3 nitrogen and oxygen atoms in total. The van der Waals surface area contributed by atoms with Crippen LogP contribution < -0.4 is 10.1 Å². The highest BCUT2D eigenvalue weighted by molar-refractivity contribution is 6.01. The summed E-state index contributed by atoms with van der Waals surface area (Å²) in [6.07, 6.45) is 4.29. The van der Waals surface area contributed by atoms with Crippen LogP contribution in [0.2, 0.25) is 0 Å². The van der Waals surface area contributed by atoms with Crippen LogP contribution in [0.5, 0.6) is 5.75 Å². The first-order valence-corrected chi connectivity index (χ1v) is 6.93. The number of hydrogen-bond acceptors (Lipinski definition) is 2. The minimum absolute atomic E-state index is 0.143. The number of rotatable bonds is 5. The molecule has 2 aromatic rings. The van der Waals surface area contributed by atoms with Gasteiger partial charge in [-0.2, -0.15) is 0 Å². The first-order valence-electron chi connectivity index (χ1n) is 6.93. The van der Waals surface area contributed by atoms with Gasteiger partial charge in [0.05, 0.1) is 7.11 Å². The Morgan fingerprint density at radius 2 is 1.76 bits per heavy atom. The van der Waals surface area contributed by atoms with Gasteiger partial charge >= 0.3 is 0 Å². The van der Waals surface area contributed by atoms with Gasteiger partial charge < -0.3 is 10.1 Å². The maximum absolute atomic E-state index is 11.8. The van der Waals surface area contributed by atoms with E-state index in [-0.39, 0.29) is 5.91 Å². The van der Waals surface area contributed by atoms with Crippen LogP contribution in [0.1, 0.15) is 18.1 Å². The standard InChI is InChI=1S/C18H19NO2/c1-3-14-4-9-16(10-5-14)19-18(20)13-8-15-6-11-17(21-2)12-7-15/h4-13H,3H2,1-2H3,(H,19,20)/b13-8+. The van der Waals surface area contributed by atoms with E-state index >= 15 is 0 Å². The topological polar surface area (TPSA) is 38.3 Å². The highest BCUT2D eigenvalue weighted by atomic mass is 16.5.